The van der Waals surface area contributed by atoms with Gasteiger partial charge in [-0.25, -0.2) is 8.42 Å². The molecule has 0 amide bonds. The second-order valence-corrected chi connectivity index (χ2v) is 10.2. The van der Waals surface area contributed by atoms with Gasteiger partial charge in [0.1, 0.15) is 9.84 Å². The van der Waals surface area contributed by atoms with Crippen LogP contribution in [-0.2, 0) is 9.84 Å². The summed E-state index contributed by atoms with van der Waals surface area (Å²) in [5, 5.41) is 3.25. The smallest absolute Gasteiger partial charge is 0.150 e. The van der Waals surface area contributed by atoms with Gasteiger partial charge in [-0.15, -0.1) is 0 Å². The molecule has 0 spiro atoms. The van der Waals surface area contributed by atoms with Crippen LogP contribution < -0.4 is 5.32 Å². The van der Waals surface area contributed by atoms with Crippen molar-refractivity contribution in [2.24, 2.45) is 0 Å². The van der Waals surface area contributed by atoms with Gasteiger partial charge in [0.2, 0.25) is 0 Å². The second-order valence-electron chi connectivity index (χ2n) is 5.20. The number of rotatable bonds is 3. The van der Waals surface area contributed by atoms with Crippen LogP contribution in [0.1, 0.15) is 25.7 Å². The van der Waals surface area contributed by atoms with Crippen molar-refractivity contribution >= 4 is 63.3 Å². The minimum atomic E-state index is -2.95. The first-order valence-corrected chi connectivity index (χ1v) is 10.7. The molecule has 0 saturated heterocycles. The predicted octanol–water partition coefficient (Wildman–Crippen LogP) is 4.74. The van der Waals surface area contributed by atoms with Gasteiger partial charge in [-0.3, -0.25) is 0 Å². The van der Waals surface area contributed by atoms with E-state index >= 15 is 0 Å². The van der Waals surface area contributed by atoms with E-state index in [1.807, 2.05) is 12.1 Å². The standard InChI is InChI=1S/C13H16Br3NO2S/c1-20(18,19)10-4-2-3-9(7-10)17-13-11(15)5-8(14)6-12(13)16/h5-6,9-10,17H,2-4,7H2,1H3. The maximum absolute atomic E-state index is 11.7. The molecule has 1 aliphatic rings. The van der Waals surface area contributed by atoms with Crippen LogP contribution >= 0.6 is 47.8 Å². The van der Waals surface area contributed by atoms with E-state index in [4.69, 9.17) is 0 Å². The summed E-state index contributed by atoms with van der Waals surface area (Å²) in [4.78, 5) is 0. The van der Waals surface area contributed by atoms with E-state index in [-0.39, 0.29) is 11.3 Å². The third-order valence-electron chi connectivity index (χ3n) is 3.59. The number of benzene rings is 1. The third-order valence-corrected chi connectivity index (χ3v) is 6.93. The highest BCUT2D eigenvalue weighted by Gasteiger charge is 2.29. The Morgan fingerprint density at radius 1 is 1.15 bits per heavy atom. The maximum atomic E-state index is 11.7. The van der Waals surface area contributed by atoms with Crippen LogP contribution in [0.2, 0.25) is 0 Å². The lowest BCUT2D eigenvalue weighted by Crippen LogP contribution is -2.34. The molecular formula is C13H16Br3NO2S. The SMILES string of the molecule is CS(=O)(=O)C1CCCC(Nc2c(Br)cc(Br)cc2Br)C1. The zero-order valence-corrected chi connectivity index (χ0v) is 16.6. The molecule has 1 aromatic rings. The molecule has 112 valence electrons. The van der Waals surface area contributed by atoms with Gasteiger partial charge in [-0.05, 0) is 63.3 Å². The highest BCUT2D eigenvalue weighted by Crippen LogP contribution is 2.36. The topological polar surface area (TPSA) is 46.2 Å². The summed E-state index contributed by atoms with van der Waals surface area (Å²) >= 11 is 10.5. The first-order valence-electron chi connectivity index (χ1n) is 6.37. The van der Waals surface area contributed by atoms with Crippen LogP contribution in [0.3, 0.4) is 0 Å². The molecule has 0 heterocycles. The Hall–Kier alpha value is 0.410. The van der Waals surface area contributed by atoms with Gasteiger partial charge in [0.05, 0.1) is 10.9 Å². The average Bonchev–Trinajstić information content (AvgIpc) is 2.33. The average molecular weight is 490 g/mol. The van der Waals surface area contributed by atoms with Crippen molar-refractivity contribution in [3.05, 3.63) is 25.6 Å². The lowest BCUT2D eigenvalue weighted by Gasteiger charge is -2.30. The lowest BCUT2D eigenvalue weighted by atomic mass is 9.95. The zero-order chi connectivity index (χ0) is 14.9. The molecule has 1 N–H and O–H groups in total. The molecule has 7 heteroatoms. The Labute approximate surface area is 145 Å². The number of nitrogens with one attached hydrogen (secondary N) is 1. The summed E-state index contributed by atoms with van der Waals surface area (Å²) in [6.45, 7) is 0. The minimum Gasteiger partial charge on any atom is -0.380 e. The molecule has 1 aliphatic carbocycles. The first-order chi connectivity index (χ1) is 9.27. The Bertz CT molecular complexity index is 581. The molecule has 2 unspecified atom stereocenters. The van der Waals surface area contributed by atoms with Crippen molar-refractivity contribution in [2.75, 3.05) is 11.6 Å². The molecule has 0 radical (unpaired) electrons. The highest BCUT2D eigenvalue weighted by molar-refractivity contribution is 9.11. The number of halogens is 3. The lowest BCUT2D eigenvalue weighted by molar-refractivity contribution is 0.452. The summed E-state index contributed by atoms with van der Waals surface area (Å²) in [6, 6.07) is 4.14. The molecule has 0 aromatic heterocycles. The van der Waals surface area contributed by atoms with Crippen LogP contribution in [0.25, 0.3) is 0 Å². The normalized spacial score (nSPS) is 23.6. The van der Waals surface area contributed by atoms with Crippen molar-refractivity contribution in [1.82, 2.24) is 0 Å². The van der Waals surface area contributed by atoms with Crippen LogP contribution in [0.15, 0.2) is 25.6 Å². The molecule has 1 aromatic carbocycles. The van der Waals surface area contributed by atoms with Crippen molar-refractivity contribution in [3.8, 4) is 0 Å². The Morgan fingerprint density at radius 3 is 2.30 bits per heavy atom. The molecule has 0 bridgehead atoms. The maximum Gasteiger partial charge on any atom is 0.150 e. The predicted molar refractivity (Wildman–Crippen MR) is 94.1 cm³/mol. The van der Waals surface area contributed by atoms with Crippen LogP contribution in [0.5, 0.6) is 0 Å². The van der Waals surface area contributed by atoms with E-state index in [1.165, 1.54) is 6.26 Å². The van der Waals surface area contributed by atoms with Gasteiger partial charge < -0.3 is 5.32 Å². The molecular weight excluding hydrogens is 474 g/mol. The fraction of sp³-hybridized carbons (Fsp3) is 0.538. The van der Waals surface area contributed by atoms with Crippen LogP contribution in [0, 0.1) is 0 Å². The monoisotopic (exact) mass is 487 g/mol. The molecule has 20 heavy (non-hydrogen) atoms. The number of hydrogen-bond donors (Lipinski definition) is 1. The molecule has 2 atom stereocenters. The van der Waals surface area contributed by atoms with E-state index in [0.29, 0.717) is 6.42 Å². The Morgan fingerprint density at radius 2 is 1.75 bits per heavy atom. The van der Waals surface area contributed by atoms with Gasteiger partial charge in [0, 0.05) is 25.7 Å². The third kappa shape index (κ3) is 4.21. The number of sulfone groups is 1. The fourth-order valence-electron chi connectivity index (χ4n) is 2.55. The van der Waals surface area contributed by atoms with Crippen molar-refractivity contribution in [1.29, 1.82) is 0 Å². The summed E-state index contributed by atoms with van der Waals surface area (Å²) in [6.07, 6.45) is 4.74. The highest BCUT2D eigenvalue weighted by atomic mass is 79.9. The second kappa shape index (κ2) is 6.67. The molecule has 3 nitrogen and oxygen atoms in total. The molecule has 1 fully saturated rings. The largest absolute Gasteiger partial charge is 0.380 e. The van der Waals surface area contributed by atoms with E-state index in [9.17, 15) is 8.42 Å². The van der Waals surface area contributed by atoms with Crippen molar-refractivity contribution in [3.63, 3.8) is 0 Å². The Kier molecular flexibility index (Phi) is 5.59. The van der Waals surface area contributed by atoms with Crippen molar-refractivity contribution < 1.29 is 8.42 Å². The van der Waals surface area contributed by atoms with E-state index < -0.39 is 9.84 Å². The molecule has 1 saturated carbocycles. The Balaban J connectivity index is 2.14. The summed E-state index contributed by atoms with van der Waals surface area (Å²) in [5.74, 6) is 0. The van der Waals surface area contributed by atoms with Crippen molar-refractivity contribution in [2.45, 2.75) is 37.0 Å². The first kappa shape index (κ1) is 16.8. The van der Waals surface area contributed by atoms with E-state index in [0.717, 1.165) is 38.4 Å². The zero-order valence-electron chi connectivity index (χ0n) is 11.0. The van der Waals surface area contributed by atoms with E-state index in [1.54, 1.807) is 0 Å². The summed E-state index contributed by atoms with van der Waals surface area (Å²) < 4.78 is 26.3. The minimum absolute atomic E-state index is 0.192. The van der Waals surface area contributed by atoms with E-state index in [2.05, 4.69) is 53.1 Å². The van der Waals surface area contributed by atoms with Crippen LogP contribution in [0.4, 0.5) is 5.69 Å². The fourth-order valence-corrected chi connectivity index (χ4v) is 6.21. The summed E-state index contributed by atoms with van der Waals surface area (Å²) in [7, 11) is -2.95. The number of anilines is 1. The van der Waals surface area contributed by atoms with Gasteiger partial charge in [-0.1, -0.05) is 22.4 Å². The van der Waals surface area contributed by atoms with Gasteiger partial charge in [0.25, 0.3) is 0 Å². The van der Waals surface area contributed by atoms with Gasteiger partial charge in [-0.2, -0.15) is 0 Å². The summed E-state index contributed by atoms with van der Waals surface area (Å²) in [5.41, 5.74) is 0.979. The quantitative estimate of drug-likeness (QED) is 0.667. The molecule has 2 rings (SSSR count). The number of hydrogen-bond acceptors (Lipinski definition) is 3. The van der Waals surface area contributed by atoms with Gasteiger partial charge >= 0.3 is 0 Å². The van der Waals surface area contributed by atoms with Crippen LogP contribution in [-0.4, -0.2) is 26.0 Å². The van der Waals surface area contributed by atoms with Gasteiger partial charge in [0.15, 0.2) is 0 Å². The molecule has 0 aliphatic heterocycles.